The summed E-state index contributed by atoms with van der Waals surface area (Å²) in [6, 6.07) is 31.7. The molecule has 4 N–H and O–H groups in total. The Balaban J connectivity index is 0.000000168. The topological polar surface area (TPSA) is 213 Å². The highest BCUT2D eigenvalue weighted by molar-refractivity contribution is 6.58. The van der Waals surface area contributed by atoms with E-state index >= 15 is 0 Å². The minimum Gasteiger partial charge on any atom is -0.423 e. The fraction of sp³-hybridized carbons (Fsp3) is 0.185. The van der Waals surface area contributed by atoms with Crippen molar-refractivity contribution < 1.29 is 47.6 Å². The number of halogens is 3. The molecule has 8 aromatic rings. The number of aromatic nitrogens is 4. The number of carbonyl (C=O) groups is 6. The zero-order valence-electron chi connectivity index (χ0n) is 40.0. The van der Waals surface area contributed by atoms with E-state index in [1.165, 1.54) is 64.8 Å². The molecule has 0 saturated carbocycles. The van der Waals surface area contributed by atoms with Gasteiger partial charge in [-0.1, -0.05) is 60.1 Å². The second kappa shape index (κ2) is 23.0. The largest absolute Gasteiger partial charge is 0.488 e. The fourth-order valence-electron chi connectivity index (χ4n) is 8.82. The van der Waals surface area contributed by atoms with Gasteiger partial charge in [-0.25, -0.2) is 13.8 Å². The minimum atomic E-state index is -1.51. The molecule has 376 valence electrons. The van der Waals surface area contributed by atoms with E-state index in [2.05, 4.69) is 19.9 Å². The van der Waals surface area contributed by atoms with Crippen molar-refractivity contribution in [2.24, 2.45) is 0 Å². The second-order valence-electron chi connectivity index (χ2n) is 17.5. The van der Waals surface area contributed by atoms with E-state index in [0.717, 1.165) is 0 Å². The molecule has 2 aliphatic rings. The number of hydrogen-bond donors (Lipinski definition) is 4. The maximum Gasteiger partial charge on any atom is 0.488 e. The van der Waals surface area contributed by atoms with Crippen LogP contribution in [0.25, 0.3) is 33.1 Å². The molecule has 4 aromatic heterocycles. The van der Waals surface area contributed by atoms with Gasteiger partial charge in [0.15, 0.2) is 5.15 Å². The number of benzene rings is 4. The molecule has 0 aliphatic carbocycles. The van der Waals surface area contributed by atoms with Gasteiger partial charge in [-0.3, -0.25) is 33.8 Å². The van der Waals surface area contributed by atoms with E-state index in [1.807, 2.05) is 50.2 Å². The van der Waals surface area contributed by atoms with Crippen LogP contribution in [0.15, 0.2) is 146 Å². The number of H-pyrrole nitrogens is 2. The van der Waals surface area contributed by atoms with Gasteiger partial charge in [0.2, 0.25) is 0 Å². The van der Waals surface area contributed by atoms with Crippen LogP contribution in [0.5, 0.6) is 0 Å². The summed E-state index contributed by atoms with van der Waals surface area (Å²) < 4.78 is 25.5. The molecule has 0 radical (unpaired) electrons. The third-order valence-corrected chi connectivity index (χ3v) is 13.0. The van der Waals surface area contributed by atoms with Gasteiger partial charge in [0, 0.05) is 104 Å². The van der Waals surface area contributed by atoms with Gasteiger partial charge < -0.3 is 39.6 Å². The molecule has 10 rings (SSSR count). The molecule has 0 spiro atoms. The molecule has 2 saturated heterocycles. The summed E-state index contributed by atoms with van der Waals surface area (Å²) in [6.07, 6.45) is 6.06. The van der Waals surface area contributed by atoms with Gasteiger partial charge in [0.05, 0.1) is 27.9 Å². The van der Waals surface area contributed by atoms with Gasteiger partial charge in [-0.05, 0) is 92.1 Å². The van der Waals surface area contributed by atoms with Crippen molar-refractivity contribution in [1.29, 1.82) is 0 Å². The third-order valence-electron chi connectivity index (χ3n) is 12.7. The predicted molar refractivity (Wildman–Crippen MR) is 275 cm³/mol. The first-order valence-corrected chi connectivity index (χ1v) is 23.8. The number of carbonyl (C=O) groups excluding carboxylic acids is 6. The number of fused-ring (bicyclic) bond motifs is 2. The number of piperazine rings is 2. The van der Waals surface area contributed by atoms with Crippen molar-refractivity contribution in [2.75, 3.05) is 39.3 Å². The van der Waals surface area contributed by atoms with Gasteiger partial charge in [0.25, 0.3) is 35.2 Å². The molecule has 0 unspecified atom stereocenters. The number of ketones is 2. The number of hydrogen-bond acceptors (Lipinski definition) is 10. The average Bonchev–Trinajstić information content (AvgIpc) is 4.07. The number of rotatable bonds is 8. The standard InChI is InChI=1S/C27H23FN4O3.C21H19ClN4O3.C6H6BFO2/c1-17-16-31(26(34)19-5-3-2-4-6-19)13-14-32(17)27(35)25(33)22-15-30-24-21(22)11-12-29-23(24)18-7-9-20(28)10-8-18;1-13-12-25(20(28)14-5-3-2-4-6-14)9-10-26(13)21(29)18(27)16-11-24-17-15(16)7-8-23-19(17)22;8-6-3-1-5(2-4-6)7(9)10/h2-12,15,17,30H,13-14,16H2,1H3;2-8,11,13,24H,9-10,12H2,1H3;1-4,9-10H/t17-;13-;/m11./s1. The van der Waals surface area contributed by atoms with Crippen LogP contribution in [0, 0.1) is 11.6 Å². The smallest absolute Gasteiger partial charge is 0.423 e. The Bertz CT molecular complexity index is 3340. The van der Waals surface area contributed by atoms with E-state index in [0.29, 0.717) is 82.4 Å². The summed E-state index contributed by atoms with van der Waals surface area (Å²) in [5, 5.41) is 18.5. The molecule has 2 fully saturated rings. The van der Waals surface area contributed by atoms with Gasteiger partial charge in [-0.15, -0.1) is 0 Å². The first kappa shape index (κ1) is 52.0. The van der Waals surface area contributed by atoms with Crippen LogP contribution < -0.4 is 5.46 Å². The SMILES string of the molecule is C[C@@H]1CN(C(=O)c2ccccc2)CCN1C(=O)C(=O)c1c[nH]c2c(-c3ccc(F)cc3)nccc12.C[C@@H]1CN(C(=O)c2ccccc2)CCN1C(=O)C(=O)c1c[nH]c2c(Cl)nccc12.OB(O)c1ccc(F)cc1. The molecule has 2 aliphatic heterocycles. The number of amides is 4. The lowest BCUT2D eigenvalue weighted by Crippen LogP contribution is -2.56. The Labute approximate surface area is 428 Å². The lowest BCUT2D eigenvalue weighted by Gasteiger charge is -2.39. The van der Waals surface area contributed by atoms with Crippen LogP contribution in [0.4, 0.5) is 8.78 Å². The van der Waals surface area contributed by atoms with Crippen LogP contribution in [-0.4, -0.2) is 143 Å². The van der Waals surface area contributed by atoms with Crippen LogP contribution in [0.1, 0.15) is 55.3 Å². The molecular formula is C54H48BClF2N8O8. The zero-order valence-corrected chi connectivity index (χ0v) is 40.7. The molecule has 0 bridgehead atoms. The highest BCUT2D eigenvalue weighted by Crippen LogP contribution is 2.29. The third kappa shape index (κ3) is 11.4. The van der Waals surface area contributed by atoms with E-state index in [9.17, 15) is 37.5 Å². The van der Waals surface area contributed by atoms with Gasteiger partial charge >= 0.3 is 7.12 Å². The number of nitrogens with zero attached hydrogens (tertiary/aromatic N) is 6. The van der Waals surface area contributed by atoms with E-state index in [-0.39, 0.29) is 58.4 Å². The van der Waals surface area contributed by atoms with Crippen LogP contribution >= 0.6 is 11.6 Å². The monoisotopic (exact) mass is 1020 g/mol. The van der Waals surface area contributed by atoms with Gasteiger partial charge in [0.1, 0.15) is 11.6 Å². The normalized spacial score (nSPS) is 15.4. The molecule has 4 aromatic carbocycles. The molecule has 74 heavy (non-hydrogen) atoms. The Hall–Kier alpha value is -8.39. The number of pyridine rings is 2. The molecule has 16 nitrogen and oxygen atoms in total. The Kier molecular flexibility index (Phi) is 16.2. The van der Waals surface area contributed by atoms with Crippen LogP contribution in [0.3, 0.4) is 0 Å². The maximum absolute atomic E-state index is 13.3. The molecule has 20 heteroatoms. The summed E-state index contributed by atoms with van der Waals surface area (Å²) in [6.45, 7) is 5.69. The zero-order chi connectivity index (χ0) is 52.6. The van der Waals surface area contributed by atoms with Crippen molar-refractivity contribution in [3.05, 3.63) is 185 Å². The number of nitrogens with one attached hydrogen (secondary N) is 2. The van der Waals surface area contributed by atoms with Gasteiger partial charge in [-0.2, -0.15) is 0 Å². The summed E-state index contributed by atoms with van der Waals surface area (Å²) in [5.74, 6) is -3.32. The predicted octanol–water partition coefficient (Wildman–Crippen LogP) is 6.20. The van der Waals surface area contributed by atoms with Crippen molar-refractivity contribution in [3.8, 4) is 11.3 Å². The first-order valence-electron chi connectivity index (χ1n) is 23.5. The Morgan fingerprint density at radius 1 is 0.581 bits per heavy atom. The molecule has 4 amide bonds. The Morgan fingerprint density at radius 3 is 1.47 bits per heavy atom. The summed E-state index contributed by atoms with van der Waals surface area (Å²) in [5.41, 5.74) is 4.40. The highest BCUT2D eigenvalue weighted by Gasteiger charge is 2.36. The molecule has 2 atom stereocenters. The minimum absolute atomic E-state index is 0.0744. The summed E-state index contributed by atoms with van der Waals surface area (Å²) in [7, 11) is -1.51. The number of Topliss-reactive ketones (excluding diaryl/α,β-unsaturated/α-hetero) is 2. The van der Waals surface area contributed by atoms with Crippen LogP contribution in [0.2, 0.25) is 5.15 Å². The van der Waals surface area contributed by atoms with Crippen LogP contribution in [-0.2, 0) is 9.59 Å². The van der Waals surface area contributed by atoms with Crippen molar-refractivity contribution in [1.82, 2.24) is 39.5 Å². The lowest BCUT2D eigenvalue weighted by atomic mass is 9.80. The maximum atomic E-state index is 13.3. The quantitative estimate of drug-likeness (QED) is 0.0586. The molecule has 6 heterocycles. The summed E-state index contributed by atoms with van der Waals surface area (Å²) >= 11 is 6.04. The first-order chi connectivity index (χ1) is 35.6. The second-order valence-corrected chi connectivity index (χ2v) is 17.9. The highest BCUT2D eigenvalue weighted by atomic mass is 35.5. The van der Waals surface area contributed by atoms with E-state index < -0.39 is 30.5 Å². The number of aromatic amines is 2. The fourth-order valence-corrected chi connectivity index (χ4v) is 9.03. The van der Waals surface area contributed by atoms with Crippen molar-refractivity contribution in [3.63, 3.8) is 0 Å². The van der Waals surface area contributed by atoms with E-state index in [4.69, 9.17) is 21.6 Å². The molecular weight excluding hydrogens is 973 g/mol. The lowest BCUT2D eigenvalue weighted by molar-refractivity contribution is -0.130. The van der Waals surface area contributed by atoms with E-state index in [1.54, 1.807) is 64.5 Å². The Morgan fingerprint density at radius 2 is 1.01 bits per heavy atom. The van der Waals surface area contributed by atoms with Crippen molar-refractivity contribution >= 4 is 81.2 Å². The van der Waals surface area contributed by atoms with Crippen molar-refractivity contribution in [2.45, 2.75) is 25.9 Å². The average molecular weight is 1020 g/mol. The summed E-state index contributed by atoms with van der Waals surface area (Å²) in [4.78, 5) is 98.4.